The summed E-state index contributed by atoms with van der Waals surface area (Å²) < 4.78 is 5.40. The Hall–Kier alpha value is -0.410. The summed E-state index contributed by atoms with van der Waals surface area (Å²) in [6, 6.07) is 0. The molecule has 2 rings (SSSR count). The van der Waals surface area contributed by atoms with Crippen molar-refractivity contribution in [1.82, 2.24) is 5.32 Å². The fourth-order valence-electron chi connectivity index (χ4n) is 1.87. The van der Waals surface area contributed by atoms with E-state index in [2.05, 4.69) is 5.32 Å². The van der Waals surface area contributed by atoms with Gasteiger partial charge in [-0.25, -0.2) is 0 Å². The predicted molar refractivity (Wildman–Crippen MR) is 40.3 cm³/mol. The van der Waals surface area contributed by atoms with Crippen molar-refractivity contribution >= 4 is 5.78 Å². The molecule has 1 N–H and O–H groups in total. The summed E-state index contributed by atoms with van der Waals surface area (Å²) in [5, 5.41) is 3.27. The highest BCUT2D eigenvalue weighted by Gasteiger charge is 2.31. The zero-order chi connectivity index (χ0) is 7.68. The Balaban J connectivity index is 1.98. The van der Waals surface area contributed by atoms with Crippen molar-refractivity contribution in [2.45, 2.75) is 18.9 Å². The van der Waals surface area contributed by atoms with Crippen molar-refractivity contribution < 1.29 is 9.53 Å². The first kappa shape index (κ1) is 7.25. The first-order valence-electron chi connectivity index (χ1n) is 4.20. The molecule has 0 aromatic heterocycles. The van der Waals surface area contributed by atoms with Crippen LogP contribution in [0.15, 0.2) is 0 Å². The highest BCUT2D eigenvalue weighted by Crippen LogP contribution is 2.22. The molecule has 2 fully saturated rings. The van der Waals surface area contributed by atoms with Gasteiger partial charge in [-0.05, 0) is 13.0 Å². The van der Waals surface area contributed by atoms with Crippen LogP contribution in [0.3, 0.4) is 0 Å². The van der Waals surface area contributed by atoms with Gasteiger partial charge in [-0.1, -0.05) is 0 Å². The highest BCUT2D eigenvalue weighted by atomic mass is 16.5. The number of carbonyl (C=O) groups is 1. The van der Waals surface area contributed by atoms with Crippen molar-refractivity contribution in [3.05, 3.63) is 0 Å². The third-order valence-electron chi connectivity index (χ3n) is 2.49. The molecule has 2 atom stereocenters. The topological polar surface area (TPSA) is 38.3 Å². The molecule has 11 heavy (non-hydrogen) atoms. The van der Waals surface area contributed by atoms with Crippen LogP contribution in [0.1, 0.15) is 12.8 Å². The Morgan fingerprint density at radius 1 is 1.55 bits per heavy atom. The van der Waals surface area contributed by atoms with Gasteiger partial charge in [-0.2, -0.15) is 0 Å². The minimum atomic E-state index is 0.259. The number of hydrogen-bond acceptors (Lipinski definition) is 3. The Labute approximate surface area is 66.1 Å². The monoisotopic (exact) mass is 155 g/mol. The molecule has 0 unspecified atom stereocenters. The molecule has 0 aromatic rings. The second-order valence-electron chi connectivity index (χ2n) is 3.35. The van der Waals surface area contributed by atoms with E-state index in [0.717, 1.165) is 25.9 Å². The number of ether oxygens (including phenoxy) is 1. The Morgan fingerprint density at radius 2 is 2.45 bits per heavy atom. The van der Waals surface area contributed by atoms with Gasteiger partial charge >= 0.3 is 0 Å². The number of hydrogen-bond donors (Lipinski definition) is 1. The fourth-order valence-corrected chi connectivity index (χ4v) is 1.87. The smallest absolute Gasteiger partial charge is 0.158 e. The van der Waals surface area contributed by atoms with Crippen molar-refractivity contribution in [3.63, 3.8) is 0 Å². The van der Waals surface area contributed by atoms with Gasteiger partial charge in [-0.15, -0.1) is 0 Å². The van der Waals surface area contributed by atoms with E-state index in [-0.39, 0.29) is 5.78 Å². The van der Waals surface area contributed by atoms with Crippen LogP contribution in [0.25, 0.3) is 0 Å². The SMILES string of the molecule is O=C1CO[C@@H]2CCNC[C@@H]2C1. The first-order valence-corrected chi connectivity index (χ1v) is 4.20. The third-order valence-corrected chi connectivity index (χ3v) is 2.49. The number of fused-ring (bicyclic) bond motifs is 1. The summed E-state index contributed by atoms with van der Waals surface area (Å²) >= 11 is 0. The Morgan fingerprint density at radius 3 is 3.36 bits per heavy atom. The van der Waals surface area contributed by atoms with Gasteiger partial charge < -0.3 is 10.1 Å². The molecule has 3 nitrogen and oxygen atoms in total. The zero-order valence-corrected chi connectivity index (χ0v) is 6.51. The van der Waals surface area contributed by atoms with Gasteiger partial charge in [0.25, 0.3) is 0 Å². The van der Waals surface area contributed by atoms with E-state index in [0.29, 0.717) is 18.6 Å². The van der Waals surface area contributed by atoms with Crippen LogP contribution in [-0.2, 0) is 9.53 Å². The minimum absolute atomic E-state index is 0.259. The molecule has 62 valence electrons. The highest BCUT2D eigenvalue weighted by molar-refractivity contribution is 5.80. The maximum atomic E-state index is 11.0. The molecule has 0 aromatic carbocycles. The van der Waals surface area contributed by atoms with Crippen LogP contribution in [0.2, 0.25) is 0 Å². The predicted octanol–water partition coefficient (Wildman–Crippen LogP) is -0.0461. The minimum Gasteiger partial charge on any atom is -0.370 e. The van der Waals surface area contributed by atoms with Crippen molar-refractivity contribution in [2.24, 2.45) is 5.92 Å². The Bertz CT molecular complexity index is 169. The summed E-state index contributed by atoms with van der Waals surface area (Å²) in [4.78, 5) is 11.0. The van der Waals surface area contributed by atoms with E-state index in [9.17, 15) is 4.79 Å². The van der Waals surface area contributed by atoms with E-state index in [1.807, 2.05) is 0 Å². The van der Waals surface area contributed by atoms with Gasteiger partial charge in [0.1, 0.15) is 6.61 Å². The first-order chi connectivity index (χ1) is 5.36. The lowest BCUT2D eigenvalue weighted by Gasteiger charge is -2.34. The maximum absolute atomic E-state index is 11.0. The van der Waals surface area contributed by atoms with E-state index in [4.69, 9.17) is 4.74 Å². The lowest BCUT2D eigenvalue weighted by atomic mass is 9.89. The molecule has 0 radical (unpaired) electrons. The van der Waals surface area contributed by atoms with Crippen molar-refractivity contribution in [1.29, 1.82) is 0 Å². The molecule has 0 saturated carbocycles. The molecule has 3 heteroatoms. The molecule has 2 aliphatic rings. The second kappa shape index (κ2) is 2.91. The van der Waals surface area contributed by atoms with Crippen molar-refractivity contribution in [2.75, 3.05) is 19.7 Å². The summed E-state index contributed by atoms with van der Waals surface area (Å²) in [6.07, 6.45) is 2.14. The van der Waals surface area contributed by atoms with Gasteiger partial charge in [0.2, 0.25) is 0 Å². The molecule has 0 bridgehead atoms. The summed E-state index contributed by atoms with van der Waals surface area (Å²) in [7, 11) is 0. The average Bonchev–Trinajstić information content (AvgIpc) is 2.04. The maximum Gasteiger partial charge on any atom is 0.158 e. The molecule has 0 amide bonds. The van der Waals surface area contributed by atoms with E-state index in [1.165, 1.54) is 0 Å². The molecule has 0 aliphatic carbocycles. The molecule has 0 spiro atoms. The molecule has 2 heterocycles. The van der Waals surface area contributed by atoms with Gasteiger partial charge in [0, 0.05) is 18.9 Å². The lowest BCUT2D eigenvalue weighted by molar-refractivity contribution is -0.137. The molecular weight excluding hydrogens is 142 g/mol. The van der Waals surface area contributed by atoms with Crippen LogP contribution in [0.5, 0.6) is 0 Å². The van der Waals surface area contributed by atoms with Gasteiger partial charge in [0.05, 0.1) is 6.10 Å². The zero-order valence-electron chi connectivity index (χ0n) is 6.51. The normalized spacial score (nSPS) is 38.4. The number of piperidine rings is 1. The molecular formula is C8H13NO2. The lowest BCUT2D eigenvalue weighted by Crippen LogP contribution is -2.46. The number of Topliss-reactive ketones (excluding diaryl/α,β-unsaturated/α-hetero) is 1. The summed E-state index contributed by atoms with van der Waals surface area (Å²) in [5.41, 5.74) is 0. The van der Waals surface area contributed by atoms with E-state index in [1.54, 1.807) is 0 Å². The van der Waals surface area contributed by atoms with E-state index >= 15 is 0 Å². The number of nitrogens with one attached hydrogen (secondary N) is 1. The van der Waals surface area contributed by atoms with Crippen LogP contribution < -0.4 is 5.32 Å². The summed E-state index contributed by atoms with van der Waals surface area (Å²) in [6.45, 7) is 2.34. The van der Waals surface area contributed by atoms with Crippen LogP contribution >= 0.6 is 0 Å². The van der Waals surface area contributed by atoms with Crippen LogP contribution in [-0.4, -0.2) is 31.6 Å². The second-order valence-corrected chi connectivity index (χ2v) is 3.35. The standard InChI is InChI=1S/C8H13NO2/c10-7-3-6-4-9-2-1-8(6)11-5-7/h6,8-9H,1-5H2/t6-,8+/m0/s1. The summed E-state index contributed by atoms with van der Waals surface area (Å²) in [5.74, 6) is 0.708. The van der Waals surface area contributed by atoms with Crippen LogP contribution in [0, 0.1) is 5.92 Å². The van der Waals surface area contributed by atoms with E-state index < -0.39 is 0 Å². The van der Waals surface area contributed by atoms with Crippen molar-refractivity contribution in [3.8, 4) is 0 Å². The fraction of sp³-hybridized carbons (Fsp3) is 0.875. The average molecular weight is 155 g/mol. The number of rotatable bonds is 0. The van der Waals surface area contributed by atoms with Crippen LogP contribution in [0.4, 0.5) is 0 Å². The van der Waals surface area contributed by atoms with Gasteiger partial charge in [-0.3, -0.25) is 4.79 Å². The van der Waals surface area contributed by atoms with Gasteiger partial charge in [0.15, 0.2) is 5.78 Å². The Kier molecular flexibility index (Phi) is 1.92. The molecule has 2 aliphatic heterocycles. The third kappa shape index (κ3) is 1.44. The number of ketones is 1. The quantitative estimate of drug-likeness (QED) is 0.533. The number of carbonyl (C=O) groups excluding carboxylic acids is 1. The molecule has 2 saturated heterocycles. The largest absolute Gasteiger partial charge is 0.370 e.